The molecule has 0 saturated heterocycles. The second-order valence-electron chi connectivity index (χ2n) is 4.70. The molecule has 0 spiro atoms. The number of rotatable bonds is 5. The van der Waals surface area contributed by atoms with Gasteiger partial charge in [-0.3, -0.25) is 0 Å². The summed E-state index contributed by atoms with van der Waals surface area (Å²) in [6.45, 7) is -2.69. The third-order valence-corrected chi connectivity index (χ3v) is 3.10. The molecule has 0 heterocycles. The maximum Gasteiger partial charge on any atom is 0.509 e. The molecule has 0 fully saturated rings. The summed E-state index contributed by atoms with van der Waals surface area (Å²) in [5.74, 6) is 0.617. The van der Waals surface area contributed by atoms with Crippen LogP contribution in [0.15, 0.2) is 36.4 Å². The van der Waals surface area contributed by atoms with Crippen LogP contribution in [0, 0.1) is 0 Å². The molecule has 6 heteroatoms. The standard InChI is InChI=1S/C14H15BF3O2/c1-10(19-2)9-20-14-6-4-11-7-13(15(16,17)18)5-3-12(11)8-14/h3-8,10H,9H2,1-2H3/q-1. The third kappa shape index (κ3) is 3.45. The summed E-state index contributed by atoms with van der Waals surface area (Å²) >= 11 is 0. The van der Waals surface area contributed by atoms with Gasteiger partial charge in [0.2, 0.25) is 0 Å². The van der Waals surface area contributed by atoms with Crippen LogP contribution in [0.5, 0.6) is 5.75 Å². The summed E-state index contributed by atoms with van der Waals surface area (Å²) in [4.78, 5) is 0. The molecule has 0 aliphatic rings. The first-order valence-electron chi connectivity index (χ1n) is 6.29. The van der Waals surface area contributed by atoms with E-state index in [-0.39, 0.29) is 6.10 Å². The summed E-state index contributed by atoms with van der Waals surface area (Å²) in [7, 11) is 1.59. The van der Waals surface area contributed by atoms with Crippen LogP contribution in [0.3, 0.4) is 0 Å². The summed E-state index contributed by atoms with van der Waals surface area (Å²) in [6, 6.07) is 8.75. The van der Waals surface area contributed by atoms with Gasteiger partial charge in [-0.2, -0.15) is 0 Å². The van der Waals surface area contributed by atoms with Crippen molar-refractivity contribution in [3.63, 3.8) is 0 Å². The lowest BCUT2D eigenvalue weighted by atomic mass is 9.79. The van der Waals surface area contributed by atoms with Crippen molar-refractivity contribution >= 4 is 23.2 Å². The van der Waals surface area contributed by atoms with Crippen molar-refractivity contribution < 1.29 is 22.4 Å². The van der Waals surface area contributed by atoms with E-state index < -0.39 is 12.4 Å². The van der Waals surface area contributed by atoms with Gasteiger partial charge in [0.15, 0.2) is 0 Å². The molecule has 108 valence electrons. The van der Waals surface area contributed by atoms with Crippen LogP contribution in [-0.4, -0.2) is 26.8 Å². The van der Waals surface area contributed by atoms with Crippen molar-refractivity contribution in [2.75, 3.05) is 13.7 Å². The highest BCUT2D eigenvalue weighted by atomic mass is 19.4. The van der Waals surface area contributed by atoms with E-state index in [9.17, 15) is 12.9 Å². The Kier molecular flexibility index (Phi) is 4.23. The van der Waals surface area contributed by atoms with Gasteiger partial charge in [0.1, 0.15) is 12.4 Å². The van der Waals surface area contributed by atoms with Crippen molar-refractivity contribution in [2.45, 2.75) is 13.0 Å². The highest BCUT2D eigenvalue weighted by Crippen LogP contribution is 2.22. The lowest BCUT2D eigenvalue weighted by Gasteiger charge is -2.16. The zero-order chi connectivity index (χ0) is 14.8. The van der Waals surface area contributed by atoms with Gasteiger partial charge in [0, 0.05) is 7.11 Å². The molecule has 0 saturated carbocycles. The van der Waals surface area contributed by atoms with Gasteiger partial charge in [0.05, 0.1) is 6.10 Å². The number of ether oxygens (including phenoxy) is 2. The molecular weight excluding hydrogens is 268 g/mol. The Hall–Kier alpha value is -1.69. The van der Waals surface area contributed by atoms with Crippen molar-refractivity contribution in [1.82, 2.24) is 0 Å². The Labute approximate surface area is 115 Å². The number of fused-ring (bicyclic) bond motifs is 1. The van der Waals surface area contributed by atoms with Crippen molar-refractivity contribution in [1.29, 1.82) is 0 Å². The van der Waals surface area contributed by atoms with E-state index in [1.54, 1.807) is 25.3 Å². The molecule has 0 N–H and O–H groups in total. The van der Waals surface area contributed by atoms with Crippen LogP contribution < -0.4 is 10.2 Å². The first-order chi connectivity index (χ1) is 9.40. The largest absolute Gasteiger partial charge is 0.509 e. The number of hydrogen-bond donors (Lipinski definition) is 0. The molecule has 2 aromatic carbocycles. The number of benzene rings is 2. The fourth-order valence-corrected chi connectivity index (χ4v) is 1.82. The topological polar surface area (TPSA) is 18.5 Å². The van der Waals surface area contributed by atoms with E-state index in [1.165, 1.54) is 6.07 Å². The number of methoxy groups -OCH3 is 1. The number of halogens is 3. The van der Waals surface area contributed by atoms with E-state index in [1.807, 2.05) is 6.92 Å². The van der Waals surface area contributed by atoms with Crippen LogP contribution in [0.1, 0.15) is 6.92 Å². The highest BCUT2D eigenvalue weighted by molar-refractivity contribution is 6.73. The Morgan fingerprint density at radius 2 is 1.70 bits per heavy atom. The van der Waals surface area contributed by atoms with Gasteiger partial charge in [-0.05, 0) is 29.8 Å². The van der Waals surface area contributed by atoms with Crippen LogP contribution >= 0.6 is 0 Å². The smallest absolute Gasteiger partial charge is 0.491 e. The van der Waals surface area contributed by atoms with Gasteiger partial charge in [-0.15, -0.1) is 5.46 Å². The number of hydrogen-bond acceptors (Lipinski definition) is 2. The zero-order valence-electron chi connectivity index (χ0n) is 11.3. The lowest BCUT2D eigenvalue weighted by molar-refractivity contribution is 0.0717. The lowest BCUT2D eigenvalue weighted by Crippen LogP contribution is -2.33. The minimum atomic E-state index is -4.96. The van der Waals surface area contributed by atoms with E-state index in [2.05, 4.69) is 0 Å². The fraction of sp³-hybridized carbons (Fsp3) is 0.286. The molecule has 1 atom stereocenters. The normalized spacial score (nSPS) is 13.4. The first-order valence-corrected chi connectivity index (χ1v) is 6.29. The molecule has 2 aromatic rings. The van der Waals surface area contributed by atoms with E-state index in [4.69, 9.17) is 9.47 Å². The molecule has 2 rings (SSSR count). The second-order valence-corrected chi connectivity index (χ2v) is 4.70. The molecule has 0 bridgehead atoms. The Morgan fingerprint density at radius 1 is 1.05 bits per heavy atom. The van der Waals surface area contributed by atoms with Crippen LogP contribution in [0.25, 0.3) is 10.8 Å². The fourth-order valence-electron chi connectivity index (χ4n) is 1.82. The molecule has 20 heavy (non-hydrogen) atoms. The summed E-state index contributed by atoms with van der Waals surface area (Å²) in [5.41, 5.74) is -0.584. The Bertz CT molecular complexity index is 598. The summed E-state index contributed by atoms with van der Waals surface area (Å²) in [5, 5.41) is 1.27. The predicted molar refractivity (Wildman–Crippen MR) is 74.6 cm³/mol. The average molecular weight is 283 g/mol. The molecule has 0 amide bonds. The first kappa shape index (κ1) is 14.7. The van der Waals surface area contributed by atoms with Gasteiger partial charge in [-0.1, -0.05) is 24.3 Å². The van der Waals surface area contributed by atoms with Gasteiger partial charge < -0.3 is 22.4 Å². The molecule has 0 aromatic heterocycles. The zero-order valence-corrected chi connectivity index (χ0v) is 11.3. The molecule has 1 unspecified atom stereocenters. The van der Waals surface area contributed by atoms with Gasteiger partial charge in [0.25, 0.3) is 0 Å². The highest BCUT2D eigenvalue weighted by Gasteiger charge is 2.25. The average Bonchev–Trinajstić information content (AvgIpc) is 2.42. The maximum atomic E-state index is 12.7. The molecule has 0 aliphatic carbocycles. The van der Waals surface area contributed by atoms with E-state index in [0.717, 1.165) is 17.5 Å². The van der Waals surface area contributed by atoms with Crippen molar-refractivity contribution in [3.05, 3.63) is 36.4 Å². The molecule has 0 radical (unpaired) electrons. The third-order valence-electron chi connectivity index (χ3n) is 3.10. The summed E-state index contributed by atoms with van der Waals surface area (Å²) in [6.07, 6.45) is -0.0407. The minimum absolute atomic E-state index is 0.0407. The minimum Gasteiger partial charge on any atom is -0.491 e. The summed E-state index contributed by atoms with van der Waals surface area (Å²) < 4.78 is 48.6. The van der Waals surface area contributed by atoms with Crippen LogP contribution in [0.4, 0.5) is 12.9 Å². The molecular formula is C14H15BF3O2-. The second kappa shape index (κ2) is 5.75. The van der Waals surface area contributed by atoms with Gasteiger partial charge in [-0.25, -0.2) is 0 Å². The molecule has 2 nitrogen and oxygen atoms in total. The SMILES string of the molecule is COC(C)COc1ccc2cc([B-](F)(F)F)ccc2c1. The predicted octanol–water partition coefficient (Wildman–Crippen LogP) is 3.31. The quantitative estimate of drug-likeness (QED) is 0.784. The van der Waals surface area contributed by atoms with Crippen LogP contribution in [0.2, 0.25) is 0 Å². The van der Waals surface area contributed by atoms with Crippen molar-refractivity contribution in [2.24, 2.45) is 0 Å². The van der Waals surface area contributed by atoms with Crippen LogP contribution in [-0.2, 0) is 4.74 Å². The Balaban J connectivity index is 2.23. The Morgan fingerprint density at radius 3 is 2.35 bits per heavy atom. The van der Waals surface area contributed by atoms with E-state index >= 15 is 0 Å². The maximum absolute atomic E-state index is 12.7. The monoisotopic (exact) mass is 283 g/mol. The van der Waals surface area contributed by atoms with Crippen molar-refractivity contribution in [3.8, 4) is 5.75 Å². The van der Waals surface area contributed by atoms with Gasteiger partial charge >= 0.3 is 6.98 Å². The molecule has 0 aliphatic heterocycles. The van der Waals surface area contributed by atoms with E-state index in [0.29, 0.717) is 17.7 Å².